The van der Waals surface area contributed by atoms with E-state index in [1.165, 1.54) is 4.90 Å². The van der Waals surface area contributed by atoms with Gasteiger partial charge in [0.15, 0.2) is 5.78 Å². The van der Waals surface area contributed by atoms with E-state index in [9.17, 15) is 4.79 Å². The number of ketones is 1. The summed E-state index contributed by atoms with van der Waals surface area (Å²) in [5, 5.41) is 9.15. The molecule has 4 rings (SSSR count). The third-order valence-electron chi connectivity index (χ3n) is 5.24. The van der Waals surface area contributed by atoms with E-state index in [1.54, 1.807) is 23.5 Å². The number of carbonyl (C=O) groups excluding carboxylic acids is 1. The molecule has 0 unspecified atom stereocenters. The Kier molecular flexibility index (Phi) is 8.64. The molecule has 0 spiro atoms. The average Bonchev–Trinajstić information content (AvgIpc) is 2.88. The second-order valence-electron chi connectivity index (χ2n) is 7.73. The lowest BCUT2D eigenvalue weighted by Gasteiger charge is -2.07. The van der Waals surface area contributed by atoms with Gasteiger partial charge in [0, 0.05) is 36.5 Å². The molecule has 4 aromatic carbocycles. The second-order valence-corrected chi connectivity index (χ2v) is 10.5. The molecule has 2 nitrogen and oxygen atoms in total. The third-order valence-corrected chi connectivity index (χ3v) is 7.61. The smallest absolute Gasteiger partial charge is 0.193 e. The van der Waals surface area contributed by atoms with Gasteiger partial charge in [-0.3, -0.25) is 4.79 Å². The molecule has 0 saturated carbocycles. The van der Waals surface area contributed by atoms with Gasteiger partial charge in [-0.1, -0.05) is 65.8 Å². The second kappa shape index (κ2) is 12.1. The van der Waals surface area contributed by atoms with Crippen LogP contribution in [0.25, 0.3) is 0 Å². The van der Waals surface area contributed by atoms with Gasteiger partial charge in [0.05, 0.1) is 0 Å². The van der Waals surface area contributed by atoms with E-state index >= 15 is 0 Å². The zero-order chi connectivity index (χ0) is 23.8. The van der Waals surface area contributed by atoms with Gasteiger partial charge in [0.25, 0.3) is 0 Å². The van der Waals surface area contributed by atoms with Gasteiger partial charge in [0.2, 0.25) is 0 Å². The molecule has 4 aromatic rings. The largest absolute Gasteiger partial charge is 0.305 e. The van der Waals surface area contributed by atoms with E-state index in [2.05, 4.69) is 12.1 Å². The Bertz CT molecular complexity index is 1240. The number of carbonyl (C=O) groups is 1. The first-order chi connectivity index (χ1) is 16.6. The quantitative estimate of drug-likeness (QED) is 0.102. The maximum absolute atomic E-state index is 12.6. The van der Waals surface area contributed by atoms with E-state index in [-0.39, 0.29) is 5.78 Å². The molecule has 1 N–H and O–H groups in total. The van der Waals surface area contributed by atoms with Gasteiger partial charge in [-0.25, -0.2) is 0 Å². The molecular weight excluding hydrogens is 478 g/mol. The zero-order valence-corrected chi connectivity index (χ0v) is 20.9. The third kappa shape index (κ3) is 6.86. The van der Waals surface area contributed by atoms with Crippen molar-refractivity contribution in [2.75, 3.05) is 5.75 Å². The Morgan fingerprint density at radius 3 is 1.82 bits per heavy atom. The average molecular weight is 502 g/mol. The van der Waals surface area contributed by atoms with Crippen LogP contribution in [0.15, 0.2) is 118 Å². The molecule has 0 amide bonds. The number of thioether (sulfide) groups is 1. The molecule has 5 heteroatoms. The van der Waals surface area contributed by atoms with Gasteiger partial charge >= 0.3 is 0 Å². The molecule has 0 fully saturated rings. The topological polar surface area (TPSA) is 40.9 Å². The molecular formula is C29H24ClNOS2. The molecule has 0 atom stereocenters. The van der Waals surface area contributed by atoms with Crippen molar-refractivity contribution in [3.63, 3.8) is 0 Å². The van der Waals surface area contributed by atoms with Gasteiger partial charge in [-0.15, -0.1) is 11.8 Å². The van der Waals surface area contributed by atoms with Crippen molar-refractivity contribution in [3.8, 4) is 0 Å². The Morgan fingerprint density at radius 2 is 1.21 bits per heavy atom. The standard InChI is InChI=1S/C29H24ClNOS2/c30-24-12-18-25(19-13-24)33-20-4-7-28(31)21-8-14-26(15-9-21)34-27-16-10-23(11-17-27)29(32)22-5-2-1-3-6-22/h1-3,5-6,8-19,31H,4,7,20H2. The number of rotatable bonds is 10. The summed E-state index contributed by atoms with van der Waals surface area (Å²) in [6.07, 6.45) is 1.71. The van der Waals surface area contributed by atoms with Gasteiger partial charge in [-0.05, 0) is 84.8 Å². The summed E-state index contributed by atoms with van der Waals surface area (Å²) in [6, 6.07) is 33.1. The molecule has 0 aliphatic carbocycles. The van der Waals surface area contributed by atoms with Gasteiger partial charge < -0.3 is 5.41 Å². The van der Waals surface area contributed by atoms with Crippen LogP contribution >= 0.6 is 35.1 Å². The number of halogens is 1. The summed E-state index contributed by atoms with van der Waals surface area (Å²) in [7, 11) is 0. The monoisotopic (exact) mass is 501 g/mol. The lowest BCUT2D eigenvalue weighted by molar-refractivity contribution is 0.103. The minimum Gasteiger partial charge on any atom is -0.305 e. The van der Waals surface area contributed by atoms with Crippen LogP contribution in [0.1, 0.15) is 34.3 Å². The summed E-state index contributed by atoms with van der Waals surface area (Å²) in [5.41, 5.74) is 3.01. The maximum Gasteiger partial charge on any atom is 0.193 e. The zero-order valence-electron chi connectivity index (χ0n) is 18.5. The fraction of sp³-hybridized carbons (Fsp3) is 0.103. The minimum atomic E-state index is 0.0339. The predicted molar refractivity (Wildman–Crippen MR) is 145 cm³/mol. The molecule has 0 radical (unpaired) electrons. The van der Waals surface area contributed by atoms with E-state index in [4.69, 9.17) is 17.0 Å². The van der Waals surface area contributed by atoms with Crippen LogP contribution < -0.4 is 0 Å². The number of nitrogens with one attached hydrogen (secondary N) is 1. The van der Waals surface area contributed by atoms with Crippen LogP contribution in [0.2, 0.25) is 5.02 Å². The lowest BCUT2D eigenvalue weighted by atomic mass is 10.0. The minimum absolute atomic E-state index is 0.0339. The van der Waals surface area contributed by atoms with Crippen molar-refractivity contribution in [1.29, 1.82) is 5.41 Å². The number of benzene rings is 4. The van der Waals surface area contributed by atoms with Crippen molar-refractivity contribution in [1.82, 2.24) is 0 Å². The van der Waals surface area contributed by atoms with Crippen molar-refractivity contribution in [3.05, 3.63) is 125 Å². The Hall–Kier alpha value is -2.79. The first-order valence-corrected chi connectivity index (χ1v) is 13.2. The van der Waals surface area contributed by atoms with Crippen LogP contribution in [-0.4, -0.2) is 17.2 Å². The van der Waals surface area contributed by atoms with Gasteiger partial charge in [-0.2, -0.15) is 0 Å². The van der Waals surface area contributed by atoms with E-state index in [1.807, 2.05) is 91.0 Å². The molecule has 0 saturated heterocycles. The molecule has 34 heavy (non-hydrogen) atoms. The maximum atomic E-state index is 12.6. The summed E-state index contributed by atoms with van der Waals surface area (Å²) in [4.78, 5) is 16.0. The van der Waals surface area contributed by atoms with Crippen molar-refractivity contribution >= 4 is 46.6 Å². The van der Waals surface area contributed by atoms with Crippen molar-refractivity contribution < 1.29 is 4.79 Å². The molecule has 0 aliphatic heterocycles. The van der Waals surface area contributed by atoms with E-state index < -0.39 is 0 Å². The van der Waals surface area contributed by atoms with Crippen LogP contribution in [-0.2, 0) is 0 Å². The summed E-state index contributed by atoms with van der Waals surface area (Å²) < 4.78 is 0. The fourth-order valence-corrected chi connectivity index (χ4v) is 5.20. The first-order valence-electron chi connectivity index (χ1n) is 11.0. The Labute approximate surface area is 214 Å². The molecule has 0 aromatic heterocycles. The molecule has 0 bridgehead atoms. The molecule has 0 heterocycles. The van der Waals surface area contributed by atoms with Crippen molar-refractivity contribution in [2.24, 2.45) is 0 Å². The van der Waals surface area contributed by atoms with E-state index in [0.29, 0.717) is 16.8 Å². The fourth-order valence-electron chi connectivity index (χ4n) is 3.40. The Morgan fingerprint density at radius 1 is 0.676 bits per heavy atom. The predicted octanol–water partition coefficient (Wildman–Crippen LogP) is 8.66. The normalized spacial score (nSPS) is 10.7. The van der Waals surface area contributed by atoms with E-state index in [0.717, 1.165) is 39.0 Å². The highest BCUT2D eigenvalue weighted by Gasteiger charge is 2.09. The SMILES string of the molecule is N=C(CCCSc1ccc(Cl)cc1)c1ccc(Sc2ccc(C(=O)c3ccccc3)cc2)cc1. The highest BCUT2D eigenvalue weighted by Crippen LogP contribution is 2.29. The Balaban J connectivity index is 1.26. The molecule has 0 aliphatic rings. The van der Waals surface area contributed by atoms with Crippen LogP contribution in [0.5, 0.6) is 0 Å². The number of hydrogen-bond acceptors (Lipinski definition) is 4. The highest BCUT2D eigenvalue weighted by molar-refractivity contribution is 7.99. The van der Waals surface area contributed by atoms with Crippen LogP contribution in [0.3, 0.4) is 0 Å². The van der Waals surface area contributed by atoms with Crippen LogP contribution in [0.4, 0.5) is 0 Å². The highest BCUT2D eigenvalue weighted by atomic mass is 35.5. The first kappa shape index (κ1) is 24.3. The van der Waals surface area contributed by atoms with Gasteiger partial charge in [0.1, 0.15) is 0 Å². The van der Waals surface area contributed by atoms with Crippen molar-refractivity contribution in [2.45, 2.75) is 27.5 Å². The number of hydrogen-bond donors (Lipinski definition) is 1. The van der Waals surface area contributed by atoms with Crippen LogP contribution in [0, 0.1) is 5.41 Å². The summed E-state index contributed by atoms with van der Waals surface area (Å²) in [5.74, 6) is 1.01. The summed E-state index contributed by atoms with van der Waals surface area (Å²) >= 11 is 9.37. The molecule has 170 valence electrons. The summed E-state index contributed by atoms with van der Waals surface area (Å²) in [6.45, 7) is 0. The lowest BCUT2D eigenvalue weighted by Crippen LogP contribution is -2.00.